The number of ether oxygens (including phenoxy) is 1. The summed E-state index contributed by atoms with van der Waals surface area (Å²) in [5, 5.41) is 2.87. The molecular weight excluding hydrogens is 226 g/mol. The van der Waals surface area contributed by atoms with Gasteiger partial charge in [-0.2, -0.15) is 0 Å². The predicted molar refractivity (Wildman–Crippen MR) is 66.4 cm³/mol. The summed E-state index contributed by atoms with van der Waals surface area (Å²) in [6, 6.07) is -0.00127. The van der Waals surface area contributed by atoms with Crippen molar-refractivity contribution in [3.8, 4) is 0 Å². The van der Waals surface area contributed by atoms with Gasteiger partial charge in [0.1, 0.15) is 0 Å². The fourth-order valence-electron chi connectivity index (χ4n) is 1.50. The molecule has 6 heteroatoms. The van der Waals surface area contributed by atoms with Gasteiger partial charge in [0.05, 0.1) is 18.2 Å². The summed E-state index contributed by atoms with van der Waals surface area (Å²) in [7, 11) is 0. The Bertz CT molecular complexity index is 242. The molecule has 0 saturated carbocycles. The molecule has 1 rings (SSSR count). The molecule has 0 aliphatic carbocycles. The number of unbranched alkanes of at least 4 members (excludes halogenated alkanes) is 1. The van der Waals surface area contributed by atoms with E-state index in [-0.39, 0.29) is 6.03 Å². The lowest BCUT2D eigenvalue weighted by atomic mass is 10.2. The van der Waals surface area contributed by atoms with Crippen molar-refractivity contribution in [2.45, 2.75) is 19.3 Å². The molecule has 1 heterocycles. The van der Waals surface area contributed by atoms with Gasteiger partial charge in [-0.15, -0.1) is 0 Å². The quantitative estimate of drug-likeness (QED) is 0.546. The Kier molecular flexibility index (Phi) is 6.10. The van der Waals surface area contributed by atoms with Gasteiger partial charge < -0.3 is 20.7 Å². The van der Waals surface area contributed by atoms with E-state index in [1.807, 2.05) is 0 Å². The highest BCUT2D eigenvalue weighted by Crippen LogP contribution is 1.98. The zero-order chi connectivity index (χ0) is 11.8. The molecule has 0 atom stereocenters. The van der Waals surface area contributed by atoms with Crippen LogP contribution in [0.1, 0.15) is 19.3 Å². The zero-order valence-electron chi connectivity index (χ0n) is 9.41. The van der Waals surface area contributed by atoms with Crippen molar-refractivity contribution >= 4 is 23.2 Å². The van der Waals surface area contributed by atoms with Crippen LogP contribution in [0.3, 0.4) is 0 Å². The summed E-state index contributed by atoms with van der Waals surface area (Å²) in [4.78, 5) is 13.9. The average Bonchev–Trinajstić information content (AvgIpc) is 2.29. The Morgan fingerprint density at radius 2 is 2.06 bits per heavy atom. The summed E-state index contributed by atoms with van der Waals surface area (Å²) in [6.07, 6.45) is 2.59. The van der Waals surface area contributed by atoms with Crippen molar-refractivity contribution in [2.75, 3.05) is 32.8 Å². The first-order chi connectivity index (χ1) is 7.70. The number of hydrogen-bond acceptors (Lipinski definition) is 3. The fourth-order valence-corrected chi connectivity index (χ4v) is 1.64. The number of nitrogens with one attached hydrogen (secondary N) is 1. The highest BCUT2D eigenvalue weighted by atomic mass is 32.1. The van der Waals surface area contributed by atoms with E-state index in [1.165, 1.54) is 0 Å². The minimum absolute atomic E-state index is 0.00127. The van der Waals surface area contributed by atoms with Crippen LogP contribution in [0.5, 0.6) is 0 Å². The van der Waals surface area contributed by atoms with Crippen molar-refractivity contribution in [2.24, 2.45) is 5.73 Å². The zero-order valence-corrected chi connectivity index (χ0v) is 10.2. The second kappa shape index (κ2) is 7.40. The Balaban J connectivity index is 2.03. The van der Waals surface area contributed by atoms with Gasteiger partial charge in [-0.1, -0.05) is 12.2 Å². The summed E-state index contributed by atoms with van der Waals surface area (Å²) in [6.45, 7) is 3.31. The van der Waals surface area contributed by atoms with Crippen molar-refractivity contribution in [3.05, 3.63) is 0 Å². The molecule has 0 bridgehead atoms. The molecule has 1 saturated heterocycles. The standard InChI is InChI=1S/C10H19N3O2S/c11-9(16)3-1-2-4-12-10(14)13-5-7-15-8-6-13/h1-8H2,(H2,11,16)(H,12,14). The molecule has 92 valence electrons. The summed E-state index contributed by atoms with van der Waals surface area (Å²) >= 11 is 4.77. The van der Waals surface area contributed by atoms with Gasteiger partial charge in [0.25, 0.3) is 0 Å². The van der Waals surface area contributed by atoms with E-state index in [1.54, 1.807) is 4.90 Å². The highest BCUT2D eigenvalue weighted by Gasteiger charge is 2.15. The van der Waals surface area contributed by atoms with Gasteiger partial charge in [-0.3, -0.25) is 0 Å². The molecular formula is C10H19N3O2S. The molecule has 16 heavy (non-hydrogen) atoms. The summed E-state index contributed by atoms with van der Waals surface area (Å²) in [5.74, 6) is 0. The third-order valence-corrected chi connectivity index (χ3v) is 2.63. The molecule has 0 aromatic rings. The van der Waals surface area contributed by atoms with Gasteiger partial charge in [-0.05, 0) is 19.3 Å². The van der Waals surface area contributed by atoms with Crippen LogP contribution in [0.4, 0.5) is 4.79 Å². The van der Waals surface area contributed by atoms with Crippen molar-refractivity contribution in [1.29, 1.82) is 0 Å². The highest BCUT2D eigenvalue weighted by molar-refractivity contribution is 7.80. The van der Waals surface area contributed by atoms with Crippen molar-refractivity contribution in [3.63, 3.8) is 0 Å². The van der Waals surface area contributed by atoms with E-state index in [9.17, 15) is 4.79 Å². The number of thiocarbonyl (C=S) groups is 1. The Morgan fingerprint density at radius 1 is 1.38 bits per heavy atom. The largest absolute Gasteiger partial charge is 0.393 e. The minimum atomic E-state index is -0.00127. The number of urea groups is 1. The molecule has 1 aliphatic heterocycles. The van der Waals surface area contributed by atoms with E-state index < -0.39 is 0 Å². The summed E-state index contributed by atoms with van der Waals surface area (Å²) in [5.41, 5.74) is 5.37. The van der Waals surface area contributed by atoms with Crippen LogP contribution in [0.15, 0.2) is 0 Å². The molecule has 0 aromatic carbocycles. The van der Waals surface area contributed by atoms with E-state index in [0.717, 1.165) is 19.3 Å². The topological polar surface area (TPSA) is 67.6 Å². The van der Waals surface area contributed by atoms with E-state index in [2.05, 4.69) is 5.32 Å². The van der Waals surface area contributed by atoms with E-state index in [0.29, 0.717) is 37.8 Å². The second-order valence-corrected chi connectivity index (χ2v) is 4.28. The van der Waals surface area contributed by atoms with Gasteiger partial charge in [0.15, 0.2) is 0 Å². The maximum Gasteiger partial charge on any atom is 0.317 e. The Hall–Kier alpha value is -0.880. The van der Waals surface area contributed by atoms with Crippen LogP contribution >= 0.6 is 12.2 Å². The third-order valence-electron chi connectivity index (χ3n) is 2.42. The third kappa shape index (κ3) is 5.27. The van der Waals surface area contributed by atoms with E-state index >= 15 is 0 Å². The lowest BCUT2D eigenvalue weighted by Crippen LogP contribution is -2.46. The van der Waals surface area contributed by atoms with Crippen LogP contribution in [0.25, 0.3) is 0 Å². The molecule has 2 amide bonds. The van der Waals surface area contributed by atoms with E-state index in [4.69, 9.17) is 22.7 Å². The number of hydrogen-bond donors (Lipinski definition) is 2. The Morgan fingerprint density at radius 3 is 2.69 bits per heavy atom. The average molecular weight is 245 g/mol. The molecule has 0 radical (unpaired) electrons. The summed E-state index contributed by atoms with van der Waals surface area (Å²) < 4.78 is 5.17. The van der Waals surface area contributed by atoms with Crippen molar-refractivity contribution in [1.82, 2.24) is 10.2 Å². The van der Waals surface area contributed by atoms with Crippen molar-refractivity contribution < 1.29 is 9.53 Å². The lowest BCUT2D eigenvalue weighted by Gasteiger charge is -2.26. The second-order valence-electron chi connectivity index (χ2n) is 3.75. The molecule has 1 fully saturated rings. The van der Waals surface area contributed by atoms with Crippen LogP contribution < -0.4 is 11.1 Å². The molecule has 3 N–H and O–H groups in total. The van der Waals surface area contributed by atoms with Gasteiger partial charge in [0.2, 0.25) is 0 Å². The number of carbonyl (C=O) groups is 1. The van der Waals surface area contributed by atoms with Crippen LogP contribution in [-0.2, 0) is 4.74 Å². The van der Waals surface area contributed by atoms with Gasteiger partial charge in [-0.25, -0.2) is 4.79 Å². The first kappa shape index (κ1) is 13.2. The SMILES string of the molecule is NC(=S)CCCCNC(=O)N1CCOCC1. The number of carbonyl (C=O) groups excluding carboxylic acids is 1. The van der Waals surface area contributed by atoms with Gasteiger partial charge >= 0.3 is 6.03 Å². The lowest BCUT2D eigenvalue weighted by molar-refractivity contribution is 0.0532. The first-order valence-electron chi connectivity index (χ1n) is 5.59. The number of rotatable bonds is 5. The number of amides is 2. The maximum absolute atomic E-state index is 11.6. The number of nitrogens with zero attached hydrogens (tertiary/aromatic N) is 1. The molecule has 1 aliphatic rings. The monoisotopic (exact) mass is 245 g/mol. The minimum Gasteiger partial charge on any atom is -0.393 e. The smallest absolute Gasteiger partial charge is 0.317 e. The number of morpholine rings is 1. The normalized spacial score (nSPS) is 15.9. The molecule has 0 unspecified atom stereocenters. The molecule has 0 spiro atoms. The molecule has 0 aromatic heterocycles. The first-order valence-corrected chi connectivity index (χ1v) is 6.00. The van der Waals surface area contributed by atoms with Crippen LogP contribution in [0.2, 0.25) is 0 Å². The number of nitrogens with two attached hydrogens (primary N) is 1. The van der Waals surface area contributed by atoms with Crippen LogP contribution in [-0.4, -0.2) is 48.8 Å². The predicted octanol–water partition coefficient (Wildman–Crippen LogP) is 0.485. The Labute approximate surface area is 101 Å². The van der Waals surface area contributed by atoms with Crippen LogP contribution in [0, 0.1) is 0 Å². The maximum atomic E-state index is 11.6. The molecule has 5 nitrogen and oxygen atoms in total. The van der Waals surface area contributed by atoms with Gasteiger partial charge in [0, 0.05) is 19.6 Å². The fraction of sp³-hybridized carbons (Fsp3) is 0.800.